The molecule has 1 aliphatic carbocycles. The lowest BCUT2D eigenvalue weighted by Crippen LogP contribution is -2.58. The minimum absolute atomic E-state index is 0.0755. The summed E-state index contributed by atoms with van der Waals surface area (Å²) in [7, 11) is 0. The average molecular weight is 397 g/mol. The molecule has 3 N–H and O–H groups in total. The Morgan fingerprint density at radius 1 is 1.48 bits per heavy atom. The molecule has 9 heteroatoms. The van der Waals surface area contributed by atoms with Crippen molar-refractivity contribution < 1.29 is 23.5 Å². The highest BCUT2D eigenvalue weighted by Gasteiger charge is 2.47. The van der Waals surface area contributed by atoms with Gasteiger partial charge in [-0.1, -0.05) is 0 Å². The first kappa shape index (κ1) is 19.5. The zero-order valence-electron chi connectivity index (χ0n) is 14.6. The van der Waals surface area contributed by atoms with Crippen LogP contribution in [0.1, 0.15) is 30.4 Å². The number of carboxylic acid groups (broad SMARTS) is 1. The third-order valence-corrected chi connectivity index (χ3v) is 5.76. The van der Waals surface area contributed by atoms with E-state index in [2.05, 4.69) is 10.6 Å². The van der Waals surface area contributed by atoms with Crippen molar-refractivity contribution in [1.82, 2.24) is 15.5 Å². The minimum Gasteiger partial charge on any atom is -0.481 e. The Morgan fingerprint density at radius 3 is 2.96 bits per heavy atom. The molecule has 1 heterocycles. The molecule has 2 aliphatic rings. The molecule has 1 unspecified atom stereocenters. The van der Waals surface area contributed by atoms with Crippen molar-refractivity contribution in [2.45, 2.75) is 43.7 Å². The molecule has 1 aromatic carbocycles. The van der Waals surface area contributed by atoms with Crippen LogP contribution in [-0.2, 0) is 22.4 Å². The third kappa shape index (κ3) is 3.87. The molecule has 6 nitrogen and oxygen atoms in total. The Kier molecular flexibility index (Phi) is 5.59. The summed E-state index contributed by atoms with van der Waals surface area (Å²) in [4.78, 5) is 23.9. The van der Waals surface area contributed by atoms with Crippen LogP contribution in [0.3, 0.4) is 0 Å². The quantitative estimate of drug-likeness (QED) is 0.476. The van der Waals surface area contributed by atoms with Crippen molar-refractivity contribution in [3.8, 4) is 0 Å². The number of nitrogens with zero attached hydrogens (tertiary/aromatic N) is 1. The number of carbonyl (C=O) groups excluding carboxylic acids is 1. The maximum absolute atomic E-state index is 14.0. The molecule has 3 rings (SSSR count). The number of fused-ring (bicyclic) bond motifs is 1. The van der Waals surface area contributed by atoms with E-state index in [1.165, 1.54) is 6.07 Å². The zero-order chi connectivity index (χ0) is 19.6. The normalized spacial score (nSPS) is 24.3. The largest absolute Gasteiger partial charge is 0.481 e. The van der Waals surface area contributed by atoms with Crippen LogP contribution in [0.4, 0.5) is 8.78 Å². The average Bonchev–Trinajstić information content (AvgIpc) is 2.94. The van der Waals surface area contributed by atoms with E-state index in [4.69, 9.17) is 17.3 Å². The van der Waals surface area contributed by atoms with Crippen LogP contribution >= 0.6 is 12.2 Å². The smallest absolute Gasteiger partial charge is 0.303 e. The molecule has 1 aromatic rings. The van der Waals surface area contributed by atoms with Crippen LogP contribution in [0.15, 0.2) is 12.1 Å². The fourth-order valence-corrected chi connectivity index (χ4v) is 4.62. The predicted octanol–water partition coefficient (Wildman–Crippen LogP) is 1.36. The van der Waals surface area contributed by atoms with Crippen LogP contribution in [0.5, 0.6) is 0 Å². The van der Waals surface area contributed by atoms with Gasteiger partial charge in [-0.2, -0.15) is 0 Å². The molecule has 0 aromatic heterocycles. The molecular weight excluding hydrogens is 376 g/mol. The van der Waals surface area contributed by atoms with Crippen LogP contribution < -0.4 is 10.6 Å². The van der Waals surface area contributed by atoms with E-state index >= 15 is 0 Å². The van der Waals surface area contributed by atoms with Gasteiger partial charge in [0.1, 0.15) is 11.6 Å². The summed E-state index contributed by atoms with van der Waals surface area (Å²) in [5.41, 5.74) is 0.437. The number of nitrogens with one attached hydrogen (secondary N) is 2. The number of amides is 1. The number of carbonyl (C=O) groups is 2. The summed E-state index contributed by atoms with van der Waals surface area (Å²) >= 11 is 5.45. The van der Waals surface area contributed by atoms with Gasteiger partial charge in [0.05, 0.1) is 5.54 Å². The molecular formula is C18H21F2N3O3S. The number of benzene rings is 1. The van der Waals surface area contributed by atoms with Crippen LogP contribution in [-0.4, -0.2) is 52.2 Å². The Hall–Kier alpha value is -2.29. The fourth-order valence-electron chi connectivity index (χ4n) is 4.20. The topological polar surface area (TPSA) is 81.7 Å². The van der Waals surface area contributed by atoms with Gasteiger partial charge in [-0.05, 0) is 55.1 Å². The highest BCUT2D eigenvalue weighted by atomic mass is 32.1. The van der Waals surface area contributed by atoms with Gasteiger partial charge in [0, 0.05) is 31.6 Å². The monoisotopic (exact) mass is 397 g/mol. The number of hydrogen-bond donors (Lipinski definition) is 3. The van der Waals surface area contributed by atoms with Gasteiger partial charge in [-0.15, -0.1) is 0 Å². The van der Waals surface area contributed by atoms with Crippen molar-refractivity contribution >= 4 is 29.7 Å². The van der Waals surface area contributed by atoms with Gasteiger partial charge >= 0.3 is 5.97 Å². The zero-order valence-corrected chi connectivity index (χ0v) is 15.5. The van der Waals surface area contributed by atoms with E-state index in [0.717, 1.165) is 6.07 Å². The maximum atomic E-state index is 14.0. The summed E-state index contributed by atoms with van der Waals surface area (Å²) in [6.07, 6.45) is 2.24. The van der Waals surface area contributed by atoms with Crippen LogP contribution in [0.2, 0.25) is 0 Å². The van der Waals surface area contributed by atoms with E-state index in [1.807, 2.05) is 4.90 Å². The molecule has 1 aliphatic heterocycles. The number of halogens is 2. The van der Waals surface area contributed by atoms with Crippen molar-refractivity contribution in [2.75, 3.05) is 13.1 Å². The van der Waals surface area contributed by atoms with Crippen molar-refractivity contribution in [2.24, 2.45) is 0 Å². The number of thiocarbonyl (C=S) groups is 1. The molecule has 1 saturated heterocycles. The lowest BCUT2D eigenvalue weighted by molar-refractivity contribution is -0.137. The third-order valence-electron chi connectivity index (χ3n) is 5.42. The molecule has 0 saturated carbocycles. The molecule has 0 radical (unpaired) electrons. The van der Waals surface area contributed by atoms with Crippen molar-refractivity contribution in [3.63, 3.8) is 0 Å². The predicted molar refractivity (Wildman–Crippen MR) is 98.3 cm³/mol. The van der Waals surface area contributed by atoms with Gasteiger partial charge < -0.3 is 20.6 Å². The Balaban J connectivity index is 1.90. The van der Waals surface area contributed by atoms with Gasteiger partial charge in [0.2, 0.25) is 6.41 Å². The van der Waals surface area contributed by atoms with Crippen LogP contribution in [0.25, 0.3) is 0 Å². The number of hydrogen-bond acceptors (Lipinski definition) is 3. The number of aliphatic carboxylic acids is 1. The standard InChI is InChI=1S/C18H21F2N3O3S/c19-12-5-11-6-13(1-2-14(11)15(20)7-12)23-17(27)22-9-18(23,8-21-10-24)4-3-16(25)26/h5,7,10,13H,1-4,6,8-9H2,(H,21,24)(H,22,27)(H,25,26)/t13?,18-/m0/s1. The molecule has 146 valence electrons. The number of carboxylic acids is 1. The first-order valence-electron chi connectivity index (χ1n) is 8.79. The summed E-state index contributed by atoms with van der Waals surface area (Å²) < 4.78 is 27.7. The van der Waals surface area contributed by atoms with Gasteiger partial charge in [0.15, 0.2) is 5.11 Å². The second-order valence-corrected chi connectivity index (χ2v) is 7.45. The summed E-state index contributed by atoms with van der Waals surface area (Å²) in [6.45, 7) is 0.638. The van der Waals surface area contributed by atoms with Gasteiger partial charge in [0.25, 0.3) is 0 Å². The van der Waals surface area contributed by atoms with E-state index in [1.54, 1.807) is 0 Å². The molecule has 1 amide bonds. The SMILES string of the molecule is O=CNC[C@@]1(CCC(=O)O)CNC(=S)N1C1CCc2c(F)cc(F)cc2C1. The van der Waals surface area contributed by atoms with E-state index < -0.39 is 23.1 Å². The second-order valence-electron chi connectivity index (χ2n) is 7.07. The summed E-state index contributed by atoms with van der Waals surface area (Å²) in [5.74, 6) is -2.09. The first-order chi connectivity index (χ1) is 12.9. The van der Waals surface area contributed by atoms with Gasteiger partial charge in [-0.3, -0.25) is 9.59 Å². The Labute approximate surface area is 160 Å². The van der Waals surface area contributed by atoms with Crippen LogP contribution in [0, 0.1) is 11.6 Å². The van der Waals surface area contributed by atoms with Gasteiger partial charge in [-0.25, -0.2) is 8.78 Å². The Bertz CT molecular complexity index is 776. The van der Waals surface area contributed by atoms with Crippen molar-refractivity contribution in [1.29, 1.82) is 0 Å². The van der Waals surface area contributed by atoms with E-state index in [-0.39, 0.29) is 25.4 Å². The lowest BCUT2D eigenvalue weighted by atomic mass is 9.83. The maximum Gasteiger partial charge on any atom is 0.303 e. The first-order valence-corrected chi connectivity index (χ1v) is 9.20. The lowest BCUT2D eigenvalue weighted by Gasteiger charge is -2.44. The highest BCUT2D eigenvalue weighted by Crippen LogP contribution is 2.35. The minimum atomic E-state index is -0.934. The summed E-state index contributed by atoms with van der Waals surface area (Å²) in [5, 5.41) is 15.3. The van der Waals surface area contributed by atoms with E-state index in [0.29, 0.717) is 48.5 Å². The molecule has 0 spiro atoms. The Morgan fingerprint density at radius 2 is 2.26 bits per heavy atom. The molecule has 27 heavy (non-hydrogen) atoms. The van der Waals surface area contributed by atoms with Crippen molar-refractivity contribution in [3.05, 3.63) is 34.9 Å². The molecule has 2 atom stereocenters. The highest BCUT2D eigenvalue weighted by molar-refractivity contribution is 7.80. The molecule has 1 fully saturated rings. The van der Waals surface area contributed by atoms with E-state index in [9.17, 15) is 18.4 Å². The summed E-state index contributed by atoms with van der Waals surface area (Å²) in [6, 6.07) is 2.11. The molecule has 0 bridgehead atoms. The second kappa shape index (κ2) is 7.75. The number of rotatable bonds is 7. The fraction of sp³-hybridized carbons (Fsp3) is 0.500.